The molecule has 0 saturated heterocycles. The lowest BCUT2D eigenvalue weighted by atomic mass is 10.2. The second-order valence-corrected chi connectivity index (χ2v) is 5.48. The van der Waals surface area contributed by atoms with Gasteiger partial charge in [-0.25, -0.2) is 0 Å². The molecular formula is C18H21N3O5. The molecule has 2 rings (SSSR count). The van der Waals surface area contributed by atoms with Gasteiger partial charge in [0.15, 0.2) is 0 Å². The fourth-order valence-corrected chi connectivity index (χ4v) is 2.29. The number of hydrogen-bond acceptors (Lipinski definition) is 6. The molecule has 0 aliphatic heterocycles. The first-order valence-corrected chi connectivity index (χ1v) is 8.03. The largest absolute Gasteiger partial charge is 0.497 e. The lowest BCUT2D eigenvalue weighted by molar-refractivity contribution is -0.384. The highest BCUT2D eigenvalue weighted by molar-refractivity contribution is 5.91. The Kier molecular flexibility index (Phi) is 6.78. The van der Waals surface area contributed by atoms with E-state index in [1.54, 1.807) is 44.6 Å². The normalized spacial score (nSPS) is 10.1. The van der Waals surface area contributed by atoms with Crippen molar-refractivity contribution in [1.29, 1.82) is 0 Å². The van der Waals surface area contributed by atoms with Crippen LogP contribution in [0.4, 0.5) is 17.1 Å². The van der Waals surface area contributed by atoms with E-state index in [-0.39, 0.29) is 11.6 Å². The number of carbonyl (C=O) groups is 1. The van der Waals surface area contributed by atoms with E-state index >= 15 is 0 Å². The fourth-order valence-electron chi connectivity index (χ4n) is 2.29. The minimum atomic E-state index is -0.443. The van der Waals surface area contributed by atoms with Gasteiger partial charge in [0, 0.05) is 54.7 Å². The van der Waals surface area contributed by atoms with Crippen LogP contribution in [0, 0.1) is 10.1 Å². The van der Waals surface area contributed by atoms with Crippen LogP contribution in [0.25, 0.3) is 0 Å². The summed E-state index contributed by atoms with van der Waals surface area (Å²) in [5.74, 6) is 1.07. The van der Waals surface area contributed by atoms with E-state index in [4.69, 9.17) is 9.47 Å². The Morgan fingerprint density at radius 3 is 2.19 bits per heavy atom. The Balaban J connectivity index is 1.77. The molecule has 0 aliphatic rings. The zero-order valence-electron chi connectivity index (χ0n) is 14.7. The molecule has 0 bridgehead atoms. The van der Waals surface area contributed by atoms with Crippen molar-refractivity contribution < 1.29 is 19.2 Å². The maximum absolute atomic E-state index is 12.0. The molecule has 0 spiro atoms. The molecule has 0 heterocycles. The third kappa shape index (κ3) is 5.66. The minimum Gasteiger partial charge on any atom is -0.497 e. The molecule has 26 heavy (non-hydrogen) atoms. The average molecular weight is 359 g/mol. The predicted octanol–water partition coefficient (Wildman–Crippen LogP) is 3.44. The van der Waals surface area contributed by atoms with E-state index in [1.807, 2.05) is 0 Å². The number of amides is 1. The van der Waals surface area contributed by atoms with Crippen LogP contribution in [-0.2, 0) is 4.79 Å². The predicted molar refractivity (Wildman–Crippen MR) is 99.0 cm³/mol. The lowest BCUT2D eigenvalue weighted by Crippen LogP contribution is -2.13. The molecule has 8 nitrogen and oxygen atoms in total. The summed E-state index contributed by atoms with van der Waals surface area (Å²) in [6, 6.07) is 11.3. The van der Waals surface area contributed by atoms with Crippen LogP contribution < -0.4 is 20.1 Å². The van der Waals surface area contributed by atoms with Crippen LogP contribution in [0.15, 0.2) is 42.5 Å². The van der Waals surface area contributed by atoms with Crippen LogP contribution in [0.3, 0.4) is 0 Å². The van der Waals surface area contributed by atoms with Gasteiger partial charge in [-0.15, -0.1) is 0 Å². The standard InChI is InChI=1S/C18H21N3O5/c1-25-16-10-14(11-17(12-16)26-2)20-18(22)4-3-9-19-13-5-7-15(8-6-13)21(23)24/h5-8,10-12,19H,3-4,9H2,1-2H3,(H,20,22). The van der Waals surface area contributed by atoms with E-state index in [0.717, 1.165) is 5.69 Å². The van der Waals surface area contributed by atoms with Crippen molar-refractivity contribution in [2.24, 2.45) is 0 Å². The molecule has 0 atom stereocenters. The van der Waals surface area contributed by atoms with Gasteiger partial charge in [-0.1, -0.05) is 0 Å². The van der Waals surface area contributed by atoms with Crippen LogP contribution in [0.5, 0.6) is 11.5 Å². The van der Waals surface area contributed by atoms with Crippen LogP contribution in [-0.4, -0.2) is 31.6 Å². The number of anilines is 2. The fraction of sp³-hybridized carbons (Fsp3) is 0.278. The summed E-state index contributed by atoms with van der Waals surface area (Å²) in [5, 5.41) is 16.5. The maximum Gasteiger partial charge on any atom is 0.269 e. The molecule has 138 valence electrons. The number of non-ortho nitro benzene ring substituents is 1. The molecule has 0 unspecified atom stereocenters. The van der Waals surface area contributed by atoms with Crippen LogP contribution in [0.2, 0.25) is 0 Å². The Morgan fingerprint density at radius 1 is 1.04 bits per heavy atom. The Morgan fingerprint density at radius 2 is 1.65 bits per heavy atom. The van der Waals surface area contributed by atoms with Crippen LogP contribution >= 0.6 is 0 Å². The zero-order chi connectivity index (χ0) is 18.9. The third-order valence-corrected chi connectivity index (χ3v) is 3.62. The molecule has 8 heteroatoms. The van der Waals surface area contributed by atoms with Crippen molar-refractivity contribution in [1.82, 2.24) is 0 Å². The quantitative estimate of drug-likeness (QED) is 0.404. The summed E-state index contributed by atoms with van der Waals surface area (Å²) in [6.07, 6.45) is 0.948. The van der Waals surface area contributed by atoms with Gasteiger partial charge >= 0.3 is 0 Å². The van der Waals surface area contributed by atoms with Gasteiger partial charge in [-0.3, -0.25) is 14.9 Å². The number of rotatable bonds is 9. The van der Waals surface area contributed by atoms with Gasteiger partial charge in [0.05, 0.1) is 19.1 Å². The number of carbonyl (C=O) groups excluding carboxylic acids is 1. The van der Waals surface area contributed by atoms with Crippen molar-refractivity contribution in [2.45, 2.75) is 12.8 Å². The minimum absolute atomic E-state index is 0.0450. The molecule has 0 aliphatic carbocycles. The smallest absolute Gasteiger partial charge is 0.269 e. The molecular weight excluding hydrogens is 338 g/mol. The highest BCUT2D eigenvalue weighted by Crippen LogP contribution is 2.25. The van der Waals surface area contributed by atoms with Gasteiger partial charge in [-0.2, -0.15) is 0 Å². The Labute approximate surface area is 151 Å². The van der Waals surface area contributed by atoms with Gasteiger partial charge in [0.25, 0.3) is 5.69 Å². The SMILES string of the molecule is COc1cc(NC(=O)CCCNc2ccc([N+](=O)[O-])cc2)cc(OC)c1. The van der Waals surface area contributed by atoms with Gasteiger partial charge in [0.2, 0.25) is 5.91 Å². The molecule has 2 N–H and O–H groups in total. The zero-order valence-corrected chi connectivity index (χ0v) is 14.7. The second-order valence-electron chi connectivity index (χ2n) is 5.48. The molecule has 2 aromatic rings. The number of methoxy groups -OCH3 is 2. The first-order valence-electron chi connectivity index (χ1n) is 8.03. The first-order chi connectivity index (χ1) is 12.5. The molecule has 0 saturated carbocycles. The second kappa shape index (κ2) is 9.26. The highest BCUT2D eigenvalue weighted by atomic mass is 16.6. The van der Waals surface area contributed by atoms with Crippen molar-refractivity contribution >= 4 is 23.0 Å². The summed E-state index contributed by atoms with van der Waals surface area (Å²) in [5.41, 5.74) is 1.42. The number of ether oxygens (including phenoxy) is 2. The van der Waals surface area contributed by atoms with E-state index in [1.165, 1.54) is 12.1 Å². The van der Waals surface area contributed by atoms with Crippen LogP contribution in [0.1, 0.15) is 12.8 Å². The molecule has 2 aromatic carbocycles. The molecule has 1 amide bonds. The third-order valence-electron chi connectivity index (χ3n) is 3.62. The van der Waals surface area contributed by atoms with Crippen molar-refractivity contribution in [3.8, 4) is 11.5 Å². The van der Waals surface area contributed by atoms with Gasteiger partial charge < -0.3 is 20.1 Å². The van der Waals surface area contributed by atoms with E-state index in [2.05, 4.69) is 10.6 Å². The summed E-state index contributed by atoms with van der Waals surface area (Å²) >= 11 is 0. The van der Waals surface area contributed by atoms with E-state index < -0.39 is 4.92 Å². The molecule has 0 radical (unpaired) electrons. The first kappa shape index (κ1) is 19.0. The van der Waals surface area contributed by atoms with Crippen molar-refractivity contribution in [3.05, 3.63) is 52.6 Å². The summed E-state index contributed by atoms with van der Waals surface area (Å²) in [4.78, 5) is 22.2. The Hall–Kier alpha value is -3.29. The summed E-state index contributed by atoms with van der Waals surface area (Å²) < 4.78 is 10.3. The monoisotopic (exact) mass is 359 g/mol. The summed E-state index contributed by atoms with van der Waals surface area (Å²) in [7, 11) is 3.09. The van der Waals surface area contributed by atoms with Crippen molar-refractivity contribution in [2.75, 3.05) is 31.4 Å². The van der Waals surface area contributed by atoms with Gasteiger partial charge in [-0.05, 0) is 18.6 Å². The number of nitro benzene ring substituents is 1. The summed E-state index contributed by atoms with van der Waals surface area (Å²) in [6.45, 7) is 0.576. The molecule has 0 fully saturated rings. The number of nitrogens with zero attached hydrogens (tertiary/aromatic N) is 1. The maximum atomic E-state index is 12.0. The number of nitrogens with one attached hydrogen (secondary N) is 2. The highest BCUT2D eigenvalue weighted by Gasteiger charge is 2.07. The topological polar surface area (TPSA) is 103 Å². The number of benzene rings is 2. The average Bonchev–Trinajstić information content (AvgIpc) is 2.65. The van der Waals surface area contributed by atoms with E-state index in [0.29, 0.717) is 36.6 Å². The number of nitro groups is 1. The van der Waals surface area contributed by atoms with E-state index in [9.17, 15) is 14.9 Å². The number of hydrogen-bond donors (Lipinski definition) is 2. The molecule has 0 aromatic heterocycles. The lowest BCUT2D eigenvalue weighted by Gasteiger charge is -2.10. The van der Waals surface area contributed by atoms with Crippen molar-refractivity contribution in [3.63, 3.8) is 0 Å². The van der Waals surface area contributed by atoms with Gasteiger partial charge in [0.1, 0.15) is 11.5 Å². The Bertz CT molecular complexity index is 740.